The van der Waals surface area contributed by atoms with Gasteiger partial charge in [-0.15, -0.1) is 0 Å². The monoisotopic (exact) mass is 374 g/mol. The number of hydrogen-bond acceptors (Lipinski definition) is 2. The minimum atomic E-state index is -0.540. The third-order valence-corrected chi connectivity index (χ3v) is 4.13. The number of amides is 2. The van der Waals surface area contributed by atoms with Crippen LogP contribution in [0.15, 0.2) is 84.6 Å². The summed E-state index contributed by atoms with van der Waals surface area (Å²) in [5.74, 6) is -1.48. The fourth-order valence-corrected chi connectivity index (χ4v) is 2.59. The molecule has 0 saturated heterocycles. The number of nitrogens with one attached hydrogen (secondary N) is 2. The Morgan fingerprint density at radius 3 is 2.21 bits per heavy atom. The normalized spacial score (nSPS) is 11.0. The topological polar surface area (TPSA) is 58.2 Å². The fraction of sp³-hybridized carbons (Fsp3) is 0.0435. The van der Waals surface area contributed by atoms with Crippen LogP contribution in [0.2, 0.25) is 0 Å². The minimum Gasteiger partial charge on any atom is -0.320 e. The Labute approximate surface area is 162 Å². The zero-order valence-corrected chi connectivity index (χ0v) is 15.3. The molecule has 0 aliphatic heterocycles. The lowest BCUT2D eigenvalue weighted by molar-refractivity contribution is -0.113. The first-order valence-corrected chi connectivity index (χ1v) is 8.74. The average molecular weight is 374 g/mol. The maximum atomic E-state index is 14.1. The molecule has 3 rings (SSSR count). The Morgan fingerprint density at radius 2 is 1.50 bits per heavy atom. The van der Waals surface area contributed by atoms with Crippen molar-refractivity contribution in [1.82, 2.24) is 5.32 Å². The van der Waals surface area contributed by atoms with Crippen molar-refractivity contribution < 1.29 is 14.0 Å². The summed E-state index contributed by atoms with van der Waals surface area (Å²) in [6.07, 6.45) is 1.32. The molecule has 0 aliphatic carbocycles. The molecule has 0 fully saturated rings. The standard InChI is InChI=1S/C23H19FN2O2/c1-16-9-5-8-14-20(16)25-23(28)21(15-18-12-6-7-13-19(18)24)26-22(27)17-10-3-2-4-11-17/h2-15H,1H3,(H,25,28)(H,26,27)/b21-15-. The van der Waals surface area contributed by atoms with E-state index < -0.39 is 17.6 Å². The van der Waals surface area contributed by atoms with Crippen LogP contribution in [0.3, 0.4) is 0 Å². The van der Waals surface area contributed by atoms with E-state index in [9.17, 15) is 14.0 Å². The summed E-state index contributed by atoms with van der Waals surface area (Å²) in [6, 6.07) is 21.8. The van der Waals surface area contributed by atoms with Crippen LogP contribution >= 0.6 is 0 Å². The Morgan fingerprint density at radius 1 is 0.857 bits per heavy atom. The third kappa shape index (κ3) is 4.71. The lowest BCUT2D eigenvalue weighted by Crippen LogP contribution is -2.31. The molecule has 2 amide bonds. The second kappa shape index (κ2) is 8.77. The van der Waals surface area contributed by atoms with Gasteiger partial charge in [0.1, 0.15) is 11.5 Å². The van der Waals surface area contributed by atoms with Gasteiger partial charge < -0.3 is 10.6 Å². The van der Waals surface area contributed by atoms with E-state index in [1.54, 1.807) is 54.6 Å². The van der Waals surface area contributed by atoms with Crippen LogP contribution in [0, 0.1) is 12.7 Å². The summed E-state index contributed by atoms with van der Waals surface area (Å²) < 4.78 is 14.1. The summed E-state index contributed by atoms with van der Waals surface area (Å²) in [5.41, 5.74) is 2.02. The van der Waals surface area contributed by atoms with Gasteiger partial charge in [0.2, 0.25) is 0 Å². The van der Waals surface area contributed by atoms with Crippen LogP contribution < -0.4 is 10.6 Å². The zero-order valence-electron chi connectivity index (χ0n) is 15.3. The van der Waals surface area contributed by atoms with Crippen LogP contribution in [0.4, 0.5) is 10.1 Å². The van der Waals surface area contributed by atoms with Gasteiger partial charge >= 0.3 is 0 Å². The van der Waals surface area contributed by atoms with E-state index in [1.165, 1.54) is 18.2 Å². The molecule has 0 unspecified atom stereocenters. The van der Waals surface area contributed by atoms with E-state index in [-0.39, 0.29) is 11.3 Å². The smallest absolute Gasteiger partial charge is 0.272 e. The molecule has 140 valence electrons. The summed E-state index contributed by atoms with van der Waals surface area (Å²) in [7, 11) is 0. The number of benzene rings is 3. The van der Waals surface area contributed by atoms with E-state index in [1.807, 2.05) is 19.1 Å². The molecule has 0 bridgehead atoms. The SMILES string of the molecule is Cc1ccccc1NC(=O)/C(=C/c1ccccc1F)NC(=O)c1ccccc1. The number of para-hydroxylation sites is 1. The first kappa shape index (κ1) is 19.0. The van der Waals surface area contributed by atoms with Crippen molar-refractivity contribution in [2.24, 2.45) is 0 Å². The molecule has 0 spiro atoms. The lowest BCUT2D eigenvalue weighted by Gasteiger charge is -2.13. The van der Waals surface area contributed by atoms with Gasteiger partial charge in [0.25, 0.3) is 11.8 Å². The highest BCUT2D eigenvalue weighted by Gasteiger charge is 2.16. The third-order valence-electron chi connectivity index (χ3n) is 4.13. The highest BCUT2D eigenvalue weighted by molar-refractivity contribution is 6.10. The second-order valence-corrected chi connectivity index (χ2v) is 6.17. The first-order chi connectivity index (χ1) is 13.5. The number of hydrogen-bond donors (Lipinski definition) is 2. The molecule has 3 aromatic carbocycles. The van der Waals surface area contributed by atoms with Crippen molar-refractivity contribution in [2.45, 2.75) is 6.92 Å². The van der Waals surface area contributed by atoms with Gasteiger partial charge in [-0.3, -0.25) is 9.59 Å². The molecule has 0 radical (unpaired) electrons. The van der Waals surface area contributed by atoms with E-state index in [4.69, 9.17) is 0 Å². The molecule has 5 heteroatoms. The van der Waals surface area contributed by atoms with Gasteiger partial charge in [0, 0.05) is 16.8 Å². The van der Waals surface area contributed by atoms with Crippen LogP contribution in [0.5, 0.6) is 0 Å². The number of aryl methyl sites for hydroxylation is 1. The molecule has 4 nitrogen and oxygen atoms in total. The number of anilines is 1. The Hall–Kier alpha value is -3.73. The first-order valence-electron chi connectivity index (χ1n) is 8.74. The van der Waals surface area contributed by atoms with Crippen molar-refractivity contribution in [3.63, 3.8) is 0 Å². The van der Waals surface area contributed by atoms with Gasteiger partial charge in [-0.25, -0.2) is 4.39 Å². The van der Waals surface area contributed by atoms with Gasteiger partial charge in [-0.2, -0.15) is 0 Å². The van der Waals surface area contributed by atoms with Crippen molar-refractivity contribution in [2.75, 3.05) is 5.32 Å². The summed E-state index contributed by atoms with van der Waals surface area (Å²) in [4.78, 5) is 25.4. The zero-order chi connectivity index (χ0) is 19.9. The number of rotatable bonds is 5. The van der Waals surface area contributed by atoms with Gasteiger partial charge in [-0.1, -0.05) is 54.6 Å². The van der Waals surface area contributed by atoms with Gasteiger partial charge in [-0.05, 0) is 42.8 Å². The fourth-order valence-electron chi connectivity index (χ4n) is 2.59. The predicted octanol–water partition coefficient (Wildman–Crippen LogP) is 4.54. The molecule has 0 aromatic heterocycles. The molecule has 3 aromatic rings. The maximum absolute atomic E-state index is 14.1. The van der Waals surface area contributed by atoms with Crippen molar-refractivity contribution >= 4 is 23.6 Å². The molecular weight excluding hydrogens is 355 g/mol. The minimum absolute atomic E-state index is 0.0535. The van der Waals surface area contributed by atoms with Crippen molar-refractivity contribution in [1.29, 1.82) is 0 Å². The Balaban J connectivity index is 1.92. The largest absolute Gasteiger partial charge is 0.320 e. The quantitative estimate of drug-likeness (QED) is 0.644. The highest BCUT2D eigenvalue weighted by Crippen LogP contribution is 2.16. The van der Waals surface area contributed by atoms with Crippen LogP contribution in [-0.2, 0) is 4.79 Å². The average Bonchev–Trinajstić information content (AvgIpc) is 2.71. The Kier molecular flexibility index (Phi) is 5.97. The summed E-state index contributed by atoms with van der Waals surface area (Å²) in [5, 5.41) is 5.35. The molecule has 0 heterocycles. The summed E-state index contributed by atoms with van der Waals surface area (Å²) >= 11 is 0. The lowest BCUT2D eigenvalue weighted by atomic mass is 10.1. The Bertz CT molecular complexity index is 1030. The van der Waals surface area contributed by atoms with Crippen molar-refractivity contribution in [3.05, 3.63) is 107 Å². The van der Waals surface area contributed by atoms with E-state index >= 15 is 0 Å². The van der Waals surface area contributed by atoms with Crippen LogP contribution in [0.25, 0.3) is 6.08 Å². The second-order valence-electron chi connectivity index (χ2n) is 6.17. The molecule has 28 heavy (non-hydrogen) atoms. The van der Waals surface area contributed by atoms with Crippen LogP contribution in [0.1, 0.15) is 21.5 Å². The molecule has 0 atom stereocenters. The number of halogens is 1. The molecule has 0 aliphatic rings. The summed E-state index contributed by atoms with van der Waals surface area (Å²) in [6.45, 7) is 1.86. The predicted molar refractivity (Wildman–Crippen MR) is 108 cm³/mol. The maximum Gasteiger partial charge on any atom is 0.272 e. The van der Waals surface area contributed by atoms with Gasteiger partial charge in [0.05, 0.1) is 0 Å². The van der Waals surface area contributed by atoms with Crippen molar-refractivity contribution in [3.8, 4) is 0 Å². The number of carbonyl (C=O) groups excluding carboxylic acids is 2. The van der Waals surface area contributed by atoms with E-state index in [0.717, 1.165) is 5.56 Å². The van der Waals surface area contributed by atoms with E-state index in [2.05, 4.69) is 10.6 Å². The number of carbonyl (C=O) groups is 2. The van der Waals surface area contributed by atoms with Crippen LogP contribution in [-0.4, -0.2) is 11.8 Å². The molecule has 0 saturated carbocycles. The molecule has 2 N–H and O–H groups in total. The highest BCUT2D eigenvalue weighted by atomic mass is 19.1. The van der Waals surface area contributed by atoms with Gasteiger partial charge in [0.15, 0.2) is 0 Å². The van der Waals surface area contributed by atoms with E-state index in [0.29, 0.717) is 11.3 Å². The molecular formula is C23H19FN2O2.